The van der Waals surface area contributed by atoms with Crippen LogP contribution < -0.4 is 5.32 Å². The zero-order valence-electron chi connectivity index (χ0n) is 19.4. The number of pyridine rings is 1. The Morgan fingerprint density at radius 2 is 1.80 bits per heavy atom. The molecule has 2 amide bonds. The molecular weight excluding hydrogens is 538 g/mol. The summed E-state index contributed by atoms with van der Waals surface area (Å²) in [6, 6.07) is -0.338. The summed E-state index contributed by atoms with van der Waals surface area (Å²) >= 11 is 3.32. The molecular formula is C22H24BrF4N5O3. The van der Waals surface area contributed by atoms with Gasteiger partial charge in [-0.3, -0.25) is 14.7 Å². The molecule has 0 radical (unpaired) electrons. The average molecular weight is 562 g/mol. The molecule has 0 saturated carbocycles. The van der Waals surface area contributed by atoms with Crippen LogP contribution >= 0.6 is 15.9 Å². The largest absolute Gasteiger partial charge is 0.451 e. The standard InChI is InChI=1S/C22H24BrF4N5O3/c1-11-15(24)6-17(32(11)20(34)35-21(2,3)4)18(33)29-7-12-5-16(28-10-14(12)23)13-8-30-19(31-9-13)22(25,26)27/h5,8-11,15,17H,6-7H2,1-4H3,(H,29,33)/t11-,15+,17-/m0/s1. The fraction of sp³-hybridized carbons (Fsp3) is 0.500. The molecule has 1 N–H and O–H groups in total. The van der Waals surface area contributed by atoms with Gasteiger partial charge in [-0.2, -0.15) is 13.2 Å². The molecule has 0 bridgehead atoms. The number of aromatic nitrogens is 3. The number of nitrogens with zero attached hydrogens (tertiary/aromatic N) is 4. The van der Waals surface area contributed by atoms with Crippen LogP contribution in [0.3, 0.4) is 0 Å². The summed E-state index contributed by atoms with van der Waals surface area (Å²) < 4.78 is 58.4. The van der Waals surface area contributed by atoms with Gasteiger partial charge in [0.15, 0.2) is 0 Å². The first kappa shape index (κ1) is 26.8. The predicted molar refractivity (Wildman–Crippen MR) is 121 cm³/mol. The average Bonchev–Trinajstić information content (AvgIpc) is 3.06. The Morgan fingerprint density at radius 3 is 2.37 bits per heavy atom. The second kappa shape index (κ2) is 10.0. The summed E-state index contributed by atoms with van der Waals surface area (Å²) in [5.74, 6) is -1.83. The number of alkyl halides is 4. The number of rotatable bonds is 4. The van der Waals surface area contributed by atoms with Gasteiger partial charge in [0, 0.05) is 41.6 Å². The molecule has 1 saturated heterocycles. The van der Waals surface area contributed by atoms with Crippen molar-refractivity contribution >= 4 is 27.9 Å². The molecule has 8 nitrogen and oxygen atoms in total. The zero-order chi connectivity index (χ0) is 26.1. The second-order valence-corrected chi connectivity index (χ2v) is 9.92. The van der Waals surface area contributed by atoms with E-state index in [0.29, 0.717) is 15.7 Å². The minimum atomic E-state index is -4.66. The van der Waals surface area contributed by atoms with E-state index in [9.17, 15) is 27.2 Å². The number of carbonyl (C=O) groups is 2. The zero-order valence-corrected chi connectivity index (χ0v) is 20.9. The molecule has 3 atom stereocenters. The van der Waals surface area contributed by atoms with E-state index in [-0.39, 0.29) is 18.5 Å². The third kappa shape index (κ3) is 6.44. The molecule has 0 aliphatic carbocycles. The highest BCUT2D eigenvalue weighted by Gasteiger charge is 2.46. The van der Waals surface area contributed by atoms with Gasteiger partial charge in [-0.15, -0.1) is 0 Å². The van der Waals surface area contributed by atoms with Crippen LogP contribution in [0, 0.1) is 0 Å². The van der Waals surface area contributed by atoms with Crippen molar-refractivity contribution in [3.8, 4) is 11.3 Å². The molecule has 2 aromatic rings. The van der Waals surface area contributed by atoms with E-state index in [4.69, 9.17) is 4.74 Å². The van der Waals surface area contributed by atoms with Crippen LogP contribution in [-0.2, 0) is 22.3 Å². The molecule has 13 heteroatoms. The van der Waals surface area contributed by atoms with Crippen molar-refractivity contribution in [2.45, 2.75) is 70.7 Å². The molecule has 3 rings (SSSR count). The van der Waals surface area contributed by atoms with Crippen LogP contribution in [0.25, 0.3) is 11.3 Å². The Balaban J connectivity index is 1.74. The highest BCUT2D eigenvalue weighted by atomic mass is 79.9. The lowest BCUT2D eigenvalue weighted by Gasteiger charge is -2.30. The summed E-state index contributed by atoms with van der Waals surface area (Å²) in [4.78, 5) is 37.4. The number of likely N-dealkylation sites (tertiary alicyclic amines) is 1. The smallest absolute Gasteiger partial charge is 0.444 e. The third-order valence-corrected chi connectivity index (χ3v) is 5.96. The Morgan fingerprint density at radius 1 is 1.17 bits per heavy atom. The minimum absolute atomic E-state index is 0.0135. The lowest BCUT2D eigenvalue weighted by molar-refractivity contribution is -0.145. The van der Waals surface area contributed by atoms with Gasteiger partial charge in [-0.05, 0) is 55.3 Å². The van der Waals surface area contributed by atoms with E-state index < -0.39 is 47.9 Å². The number of ether oxygens (including phenoxy) is 1. The lowest BCUT2D eigenvalue weighted by atomic mass is 10.1. The van der Waals surface area contributed by atoms with Crippen LogP contribution in [0.4, 0.5) is 22.4 Å². The molecule has 1 fully saturated rings. The van der Waals surface area contributed by atoms with Crippen LogP contribution in [0.1, 0.15) is 45.5 Å². The monoisotopic (exact) mass is 561 g/mol. The molecule has 190 valence electrons. The molecule has 0 spiro atoms. The summed E-state index contributed by atoms with van der Waals surface area (Å²) in [6.07, 6.45) is -3.56. The van der Waals surface area contributed by atoms with Gasteiger partial charge < -0.3 is 10.1 Å². The SMILES string of the molecule is C[C@H]1[C@H](F)C[C@@H](C(=O)NCc2cc(-c3cnc(C(F)(F)F)nc3)ncc2Br)N1C(=O)OC(C)(C)C. The molecule has 2 aromatic heterocycles. The van der Waals surface area contributed by atoms with Gasteiger partial charge in [0.05, 0.1) is 11.7 Å². The van der Waals surface area contributed by atoms with E-state index >= 15 is 0 Å². The molecule has 1 aliphatic heterocycles. The van der Waals surface area contributed by atoms with Crippen LogP contribution in [0.2, 0.25) is 0 Å². The number of nitrogens with one attached hydrogen (secondary N) is 1. The highest BCUT2D eigenvalue weighted by Crippen LogP contribution is 2.30. The predicted octanol–water partition coefficient (Wildman–Crippen LogP) is 4.67. The van der Waals surface area contributed by atoms with Gasteiger partial charge in [0.1, 0.15) is 17.8 Å². The van der Waals surface area contributed by atoms with Crippen LogP contribution in [0.5, 0.6) is 0 Å². The van der Waals surface area contributed by atoms with Crippen LogP contribution in [-0.4, -0.2) is 55.7 Å². The van der Waals surface area contributed by atoms with Gasteiger partial charge in [0.2, 0.25) is 11.7 Å². The number of amides is 2. The van der Waals surface area contributed by atoms with Gasteiger partial charge in [0.25, 0.3) is 0 Å². The summed E-state index contributed by atoms with van der Waals surface area (Å²) in [5.41, 5.74) is 0.279. The molecule has 0 unspecified atom stereocenters. The fourth-order valence-corrected chi connectivity index (χ4v) is 3.86. The van der Waals surface area contributed by atoms with E-state index in [1.165, 1.54) is 13.1 Å². The van der Waals surface area contributed by atoms with E-state index in [1.54, 1.807) is 26.8 Å². The summed E-state index contributed by atoms with van der Waals surface area (Å²) in [7, 11) is 0. The Bertz CT molecular complexity index is 1090. The number of halogens is 5. The number of hydrogen-bond donors (Lipinski definition) is 1. The number of carbonyl (C=O) groups excluding carboxylic acids is 2. The van der Waals surface area contributed by atoms with Crippen molar-refractivity contribution in [3.63, 3.8) is 0 Å². The van der Waals surface area contributed by atoms with Gasteiger partial charge >= 0.3 is 12.3 Å². The molecule has 1 aliphatic rings. The lowest BCUT2D eigenvalue weighted by Crippen LogP contribution is -2.50. The van der Waals surface area contributed by atoms with Crippen molar-refractivity contribution in [2.75, 3.05) is 0 Å². The van der Waals surface area contributed by atoms with Crippen molar-refractivity contribution in [2.24, 2.45) is 0 Å². The first-order valence-corrected chi connectivity index (χ1v) is 11.4. The topological polar surface area (TPSA) is 97.3 Å². The van der Waals surface area contributed by atoms with Crippen LogP contribution in [0.15, 0.2) is 29.1 Å². The van der Waals surface area contributed by atoms with Crippen molar-refractivity contribution in [3.05, 3.63) is 40.5 Å². The first-order chi connectivity index (χ1) is 16.2. The second-order valence-electron chi connectivity index (χ2n) is 9.07. The summed E-state index contributed by atoms with van der Waals surface area (Å²) in [6.45, 7) is 6.52. The normalized spacial score (nSPS) is 20.6. The first-order valence-electron chi connectivity index (χ1n) is 10.6. The highest BCUT2D eigenvalue weighted by molar-refractivity contribution is 9.10. The maximum absolute atomic E-state index is 14.4. The van der Waals surface area contributed by atoms with Crippen molar-refractivity contribution in [1.29, 1.82) is 0 Å². The van der Waals surface area contributed by atoms with E-state index in [2.05, 4.69) is 36.2 Å². The quantitative estimate of drug-likeness (QED) is 0.545. The van der Waals surface area contributed by atoms with Crippen molar-refractivity contribution in [1.82, 2.24) is 25.2 Å². The Kier molecular flexibility index (Phi) is 7.68. The summed E-state index contributed by atoms with van der Waals surface area (Å²) in [5, 5.41) is 2.69. The number of hydrogen-bond acceptors (Lipinski definition) is 6. The molecule has 3 heterocycles. The molecule has 0 aromatic carbocycles. The Labute approximate surface area is 207 Å². The third-order valence-electron chi connectivity index (χ3n) is 5.24. The fourth-order valence-electron chi connectivity index (χ4n) is 3.50. The van der Waals surface area contributed by atoms with E-state index in [0.717, 1.165) is 17.3 Å². The van der Waals surface area contributed by atoms with E-state index in [1.807, 2.05) is 0 Å². The Hall–Kier alpha value is -2.83. The maximum atomic E-state index is 14.4. The minimum Gasteiger partial charge on any atom is -0.444 e. The van der Waals surface area contributed by atoms with Gasteiger partial charge in [-0.25, -0.2) is 19.2 Å². The van der Waals surface area contributed by atoms with Gasteiger partial charge in [-0.1, -0.05) is 0 Å². The maximum Gasteiger partial charge on any atom is 0.451 e. The molecule has 35 heavy (non-hydrogen) atoms. The van der Waals surface area contributed by atoms with Crippen molar-refractivity contribution < 1.29 is 31.9 Å².